The van der Waals surface area contributed by atoms with E-state index in [1.165, 1.54) is 11.6 Å². The van der Waals surface area contributed by atoms with E-state index in [2.05, 4.69) is 11.5 Å². The molecule has 0 radical (unpaired) electrons. The number of aryl methyl sites for hydroxylation is 2. The van der Waals surface area contributed by atoms with Crippen LogP contribution in [0.5, 0.6) is 0 Å². The van der Waals surface area contributed by atoms with E-state index in [-0.39, 0.29) is 11.9 Å². The highest BCUT2D eigenvalue weighted by atomic mass is 35.5. The first-order valence-electron chi connectivity index (χ1n) is 6.48. The molecule has 0 heterocycles. The minimum absolute atomic E-state index is 0.149. The van der Waals surface area contributed by atoms with E-state index < -0.39 is 0 Å². The smallest absolute Gasteiger partial charge is 0.126 e. The molecule has 0 spiro atoms. The van der Waals surface area contributed by atoms with Crippen molar-refractivity contribution in [2.24, 2.45) is 5.84 Å². The third-order valence-corrected chi connectivity index (χ3v) is 3.67. The molecule has 2 rings (SSSR count). The summed E-state index contributed by atoms with van der Waals surface area (Å²) in [6.45, 7) is 4.07. The second-order valence-electron chi connectivity index (χ2n) is 5.02. The molecule has 0 bridgehead atoms. The molecule has 0 saturated carbocycles. The number of benzene rings is 2. The molecule has 20 heavy (non-hydrogen) atoms. The van der Waals surface area contributed by atoms with Gasteiger partial charge < -0.3 is 0 Å². The molecule has 2 aromatic rings. The van der Waals surface area contributed by atoms with Gasteiger partial charge in [0, 0.05) is 5.02 Å². The highest BCUT2D eigenvalue weighted by molar-refractivity contribution is 6.30. The van der Waals surface area contributed by atoms with Crippen molar-refractivity contribution in [3.8, 4) is 0 Å². The second-order valence-corrected chi connectivity index (χ2v) is 5.46. The largest absolute Gasteiger partial charge is 0.271 e. The van der Waals surface area contributed by atoms with E-state index in [1.807, 2.05) is 26.0 Å². The van der Waals surface area contributed by atoms with Crippen molar-refractivity contribution in [3.05, 3.63) is 69.5 Å². The summed E-state index contributed by atoms with van der Waals surface area (Å²) in [5.41, 5.74) is 6.71. The summed E-state index contributed by atoms with van der Waals surface area (Å²) in [6, 6.07) is 10.6. The van der Waals surface area contributed by atoms with Gasteiger partial charge in [-0.05, 0) is 55.2 Å². The number of nitrogens with two attached hydrogens (primary N) is 1. The maximum absolute atomic E-state index is 13.8. The molecule has 0 fully saturated rings. The summed E-state index contributed by atoms with van der Waals surface area (Å²) in [4.78, 5) is 0. The molecular formula is C16H18ClFN2. The van der Waals surface area contributed by atoms with E-state index in [0.29, 0.717) is 17.0 Å². The van der Waals surface area contributed by atoms with Gasteiger partial charge in [0.2, 0.25) is 0 Å². The van der Waals surface area contributed by atoms with Gasteiger partial charge in [-0.1, -0.05) is 35.4 Å². The molecule has 2 aromatic carbocycles. The Labute approximate surface area is 123 Å². The van der Waals surface area contributed by atoms with Crippen LogP contribution in [0.3, 0.4) is 0 Å². The molecule has 3 N–H and O–H groups in total. The van der Waals surface area contributed by atoms with Crippen molar-refractivity contribution in [3.63, 3.8) is 0 Å². The summed E-state index contributed by atoms with van der Waals surface area (Å²) < 4.78 is 13.8. The summed E-state index contributed by atoms with van der Waals surface area (Å²) in [6.07, 6.45) is 0.451. The summed E-state index contributed by atoms with van der Waals surface area (Å²) in [5.74, 6) is 5.38. The lowest BCUT2D eigenvalue weighted by Gasteiger charge is -2.19. The van der Waals surface area contributed by atoms with E-state index >= 15 is 0 Å². The quantitative estimate of drug-likeness (QED) is 0.664. The van der Waals surface area contributed by atoms with Crippen LogP contribution in [0.1, 0.15) is 28.3 Å². The Balaban J connectivity index is 2.31. The Kier molecular flexibility index (Phi) is 4.76. The predicted molar refractivity (Wildman–Crippen MR) is 81.1 cm³/mol. The van der Waals surface area contributed by atoms with Gasteiger partial charge in [-0.3, -0.25) is 11.3 Å². The number of hydrazine groups is 1. The van der Waals surface area contributed by atoms with Crippen molar-refractivity contribution < 1.29 is 4.39 Å². The topological polar surface area (TPSA) is 38.0 Å². The number of rotatable bonds is 4. The van der Waals surface area contributed by atoms with Crippen molar-refractivity contribution >= 4 is 11.6 Å². The minimum Gasteiger partial charge on any atom is -0.271 e. The van der Waals surface area contributed by atoms with Crippen molar-refractivity contribution in [2.75, 3.05) is 0 Å². The molecule has 0 aromatic heterocycles. The van der Waals surface area contributed by atoms with Crippen LogP contribution in [0.15, 0.2) is 36.4 Å². The molecule has 0 aliphatic heterocycles. The molecular weight excluding hydrogens is 275 g/mol. The van der Waals surface area contributed by atoms with Gasteiger partial charge >= 0.3 is 0 Å². The van der Waals surface area contributed by atoms with Crippen LogP contribution in [0.25, 0.3) is 0 Å². The van der Waals surface area contributed by atoms with Gasteiger partial charge in [0.05, 0.1) is 6.04 Å². The normalized spacial score (nSPS) is 12.4. The highest BCUT2D eigenvalue weighted by Crippen LogP contribution is 2.24. The van der Waals surface area contributed by atoms with Crippen LogP contribution < -0.4 is 11.3 Å². The van der Waals surface area contributed by atoms with Gasteiger partial charge in [0.15, 0.2) is 0 Å². The molecule has 106 valence electrons. The fraction of sp³-hybridized carbons (Fsp3) is 0.250. The Hall–Kier alpha value is -1.42. The number of nitrogens with one attached hydrogen (secondary N) is 1. The van der Waals surface area contributed by atoms with Crippen LogP contribution in [0.4, 0.5) is 4.39 Å². The zero-order valence-electron chi connectivity index (χ0n) is 11.6. The molecule has 0 saturated heterocycles. The third-order valence-electron chi connectivity index (χ3n) is 3.43. The van der Waals surface area contributed by atoms with E-state index in [1.54, 1.807) is 12.1 Å². The Morgan fingerprint density at radius 3 is 2.60 bits per heavy atom. The van der Waals surface area contributed by atoms with E-state index in [4.69, 9.17) is 17.4 Å². The van der Waals surface area contributed by atoms with E-state index in [9.17, 15) is 4.39 Å². The second kappa shape index (κ2) is 6.35. The van der Waals surface area contributed by atoms with E-state index in [0.717, 1.165) is 11.1 Å². The zero-order chi connectivity index (χ0) is 14.7. The summed E-state index contributed by atoms with van der Waals surface area (Å²) in [7, 11) is 0. The molecule has 0 amide bonds. The Bertz CT molecular complexity index is 613. The predicted octanol–water partition coefficient (Wildman–Crippen LogP) is 3.84. The molecule has 4 heteroatoms. The monoisotopic (exact) mass is 292 g/mol. The van der Waals surface area contributed by atoms with Gasteiger partial charge in [-0.2, -0.15) is 0 Å². The molecule has 0 aliphatic rings. The molecule has 0 aliphatic carbocycles. The molecule has 1 unspecified atom stereocenters. The number of hydrogen-bond acceptors (Lipinski definition) is 2. The number of hydrogen-bond donors (Lipinski definition) is 2. The summed E-state index contributed by atoms with van der Waals surface area (Å²) in [5, 5.41) is 0.526. The number of halogens is 2. The Morgan fingerprint density at radius 1 is 1.20 bits per heavy atom. The van der Waals surface area contributed by atoms with Crippen LogP contribution in [-0.4, -0.2) is 0 Å². The lowest BCUT2D eigenvalue weighted by atomic mass is 9.94. The standard InChI is InChI=1S/C16H18ClFN2/c1-10-3-5-14(11(2)7-10)16(20-19)9-12-8-13(17)4-6-15(12)18/h3-8,16,20H,9,19H2,1-2H3. The lowest BCUT2D eigenvalue weighted by molar-refractivity contribution is 0.527. The molecule has 1 atom stereocenters. The maximum atomic E-state index is 13.8. The van der Waals surface area contributed by atoms with Crippen LogP contribution >= 0.6 is 11.6 Å². The van der Waals surface area contributed by atoms with Gasteiger partial charge in [0.1, 0.15) is 5.82 Å². The van der Waals surface area contributed by atoms with Gasteiger partial charge in [-0.15, -0.1) is 0 Å². The first-order chi connectivity index (χ1) is 9.51. The first-order valence-corrected chi connectivity index (χ1v) is 6.86. The van der Waals surface area contributed by atoms with Crippen molar-refractivity contribution in [1.82, 2.24) is 5.43 Å². The minimum atomic E-state index is -0.264. The van der Waals surface area contributed by atoms with Gasteiger partial charge in [-0.25, -0.2) is 4.39 Å². The maximum Gasteiger partial charge on any atom is 0.126 e. The average molecular weight is 293 g/mol. The fourth-order valence-corrected chi connectivity index (χ4v) is 2.59. The van der Waals surface area contributed by atoms with Crippen LogP contribution in [-0.2, 0) is 6.42 Å². The first kappa shape index (κ1) is 15.0. The summed E-state index contributed by atoms with van der Waals surface area (Å²) >= 11 is 5.92. The fourth-order valence-electron chi connectivity index (χ4n) is 2.39. The average Bonchev–Trinajstić information content (AvgIpc) is 2.40. The lowest BCUT2D eigenvalue weighted by Crippen LogP contribution is -2.30. The molecule has 2 nitrogen and oxygen atoms in total. The van der Waals surface area contributed by atoms with Crippen molar-refractivity contribution in [1.29, 1.82) is 0 Å². The zero-order valence-corrected chi connectivity index (χ0v) is 12.3. The van der Waals surface area contributed by atoms with Crippen molar-refractivity contribution in [2.45, 2.75) is 26.3 Å². The highest BCUT2D eigenvalue weighted by Gasteiger charge is 2.15. The third kappa shape index (κ3) is 3.37. The SMILES string of the molecule is Cc1ccc(C(Cc2cc(Cl)ccc2F)NN)c(C)c1. The van der Waals surface area contributed by atoms with Crippen LogP contribution in [0, 0.1) is 19.7 Å². The van der Waals surface area contributed by atoms with Gasteiger partial charge in [0.25, 0.3) is 0 Å². The van der Waals surface area contributed by atoms with Crippen LogP contribution in [0.2, 0.25) is 5.02 Å². The Morgan fingerprint density at radius 2 is 1.95 bits per heavy atom.